The van der Waals surface area contributed by atoms with Crippen LogP contribution in [0.15, 0.2) is 18.2 Å². The quantitative estimate of drug-likeness (QED) is 0.679. The second kappa shape index (κ2) is 6.25. The summed E-state index contributed by atoms with van der Waals surface area (Å²) in [7, 11) is 0. The summed E-state index contributed by atoms with van der Waals surface area (Å²) in [4.78, 5) is 22.6. The molecule has 1 aromatic carbocycles. The maximum atomic E-state index is 12.2. The molecule has 1 saturated heterocycles. The van der Waals surface area contributed by atoms with Gasteiger partial charge in [0.2, 0.25) is 0 Å². The van der Waals surface area contributed by atoms with Crippen LogP contribution in [0, 0.1) is 17.0 Å². The first-order valence-corrected chi connectivity index (χ1v) is 7.84. The summed E-state index contributed by atoms with van der Waals surface area (Å²) in [5.41, 5.74) is 0.752. The molecule has 1 aromatic rings. The predicted molar refractivity (Wildman–Crippen MR) is 82.2 cm³/mol. The van der Waals surface area contributed by atoms with Crippen LogP contribution in [0.25, 0.3) is 0 Å². The first-order chi connectivity index (χ1) is 11.0. The highest BCUT2D eigenvalue weighted by Crippen LogP contribution is 2.39. The van der Waals surface area contributed by atoms with E-state index in [1.54, 1.807) is 19.1 Å². The van der Waals surface area contributed by atoms with E-state index in [-0.39, 0.29) is 23.3 Å². The zero-order valence-corrected chi connectivity index (χ0v) is 13.0. The fraction of sp³-hybridized carbons (Fsp3) is 0.562. The molecule has 1 atom stereocenters. The largest absolute Gasteiger partial charge is 0.349 e. The van der Waals surface area contributed by atoms with Gasteiger partial charge in [-0.1, -0.05) is 6.07 Å². The van der Waals surface area contributed by atoms with Gasteiger partial charge in [-0.05, 0) is 25.8 Å². The van der Waals surface area contributed by atoms with Gasteiger partial charge < -0.3 is 14.8 Å². The van der Waals surface area contributed by atoms with Crippen molar-refractivity contribution < 1.29 is 19.2 Å². The van der Waals surface area contributed by atoms with Crippen molar-refractivity contribution >= 4 is 11.6 Å². The zero-order valence-electron chi connectivity index (χ0n) is 13.0. The number of nitrogens with one attached hydrogen (secondary N) is 1. The Labute approximate surface area is 134 Å². The van der Waals surface area contributed by atoms with Crippen LogP contribution in [0.2, 0.25) is 0 Å². The average Bonchev–Trinajstić information content (AvgIpc) is 3.15. The Hall–Kier alpha value is -1.99. The molecule has 1 aliphatic heterocycles. The molecule has 1 aliphatic carbocycles. The fourth-order valence-electron chi connectivity index (χ4n) is 3.15. The predicted octanol–water partition coefficient (Wildman–Crippen LogP) is 2.32. The van der Waals surface area contributed by atoms with Gasteiger partial charge in [0.05, 0.1) is 11.5 Å². The molecule has 3 rings (SSSR count). The number of aryl methyl sites for hydroxylation is 1. The molecule has 0 bridgehead atoms. The summed E-state index contributed by atoms with van der Waals surface area (Å²) in [5, 5.41) is 13.7. The van der Waals surface area contributed by atoms with Gasteiger partial charge in [-0.3, -0.25) is 14.9 Å². The molecule has 0 radical (unpaired) electrons. The third-order valence-corrected chi connectivity index (χ3v) is 4.44. The number of nitrogens with zero attached hydrogens (tertiary/aromatic N) is 1. The third-order valence-electron chi connectivity index (χ3n) is 4.44. The number of nitro benzene ring substituents is 1. The van der Waals surface area contributed by atoms with Gasteiger partial charge in [-0.2, -0.15) is 0 Å². The van der Waals surface area contributed by atoms with E-state index in [2.05, 4.69) is 5.32 Å². The normalized spacial score (nSPS) is 22.4. The zero-order chi connectivity index (χ0) is 16.4. The van der Waals surface area contributed by atoms with E-state index >= 15 is 0 Å². The van der Waals surface area contributed by atoms with Crippen LogP contribution in [0.4, 0.5) is 5.69 Å². The molecule has 124 valence electrons. The molecule has 1 spiro atoms. The van der Waals surface area contributed by atoms with Gasteiger partial charge in [-0.15, -0.1) is 0 Å². The van der Waals surface area contributed by atoms with Crippen molar-refractivity contribution in [3.05, 3.63) is 39.4 Å². The lowest BCUT2D eigenvalue weighted by molar-refractivity contribution is -0.385. The van der Waals surface area contributed by atoms with Gasteiger partial charge in [0.25, 0.3) is 11.6 Å². The molecule has 7 nitrogen and oxygen atoms in total. The van der Waals surface area contributed by atoms with Crippen molar-refractivity contribution in [2.75, 3.05) is 13.2 Å². The van der Waals surface area contributed by atoms with Crippen molar-refractivity contribution in [2.45, 2.75) is 44.5 Å². The Kier molecular flexibility index (Phi) is 4.32. The Morgan fingerprint density at radius 2 is 2.17 bits per heavy atom. The van der Waals surface area contributed by atoms with E-state index < -0.39 is 10.7 Å². The maximum Gasteiger partial charge on any atom is 0.273 e. The van der Waals surface area contributed by atoms with Crippen molar-refractivity contribution in [1.29, 1.82) is 0 Å². The highest BCUT2D eigenvalue weighted by Gasteiger charge is 2.43. The van der Waals surface area contributed by atoms with Gasteiger partial charge in [0, 0.05) is 36.6 Å². The molecule has 1 amide bonds. The molecule has 1 N–H and O–H groups in total. The monoisotopic (exact) mass is 320 g/mol. The lowest BCUT2D eigenvalue weighted by Crippen LogP contribution is -2.35. The fourth-order valence-corrected chi connectivity index (χ4v) is 3.15. The van der Waals surface area contributed by atoms with Crippen LogP contribution in [-0.2, 0) is 9.47 Å². The van der Waals surface area contributed by atoms with Gasteiger partial charge >= 0.3 is 0 Å². The lowest BCUT2D eigenvalue weighted by Gasteiger charge is -2.21. The van der Waals surface area contributed by atoms with Crippen molar-refractivity contribution in [1.82, 2.24) is 5.32 Å². The lowest BCUT2D eigenvalue weighted by atomic mass is 10.1. The minimum Gasteiger partial charge on any atom is -0.349 e. The number of carbonyl (C=O) groups excluding carboxylic acids is 1. The van der Waals surface area contributed by atoms with Crippen LogP contribution >= 0.6 is 0 Å². The molecule has 2 fully saturated rings. The Morgan fingerprint density at radius 3 is 2.87 bits per heavy atom. The number of hydrogen-bond acceptors (Lipinski definition) is 5. The van der Waals surface area contributed by atoms with E-state index in [9.17, 15) is 14.9 Å². The highest BCUT2D eigenvalue weighted by atomic mass is 16.7. The van der Waals surface area contributed by atoms with Crippen molar-refractivity contribution in [3.8, 4) is 0 Å². The average molecular weight is 320 g/mol. The molecule has 1 saturated carbocycles. The minimum atomic E-state index is -0.482. The molecule has 7 heteroatoms. The standard InChI is InChI=1S/C16H20N2O5/c1-11-4-5-12(8-14(11)18(20)21)15(19)17-9-13-10-22-16(23-13)6-2-3-7-16/h4-5,8,13H,2-3,6-7,9-10H2,1H3,(H,17,19). The summed E-state index contributed by atoms with van der Waals surface area (Å²) in [5.74, 6) is -0.790. The summed E-state index contributed by atoms with van der Waals surface area (Å²) >= 11 is 0. The SMILES string of the molecule is Cc1ccc(C(=O)NCC2COC3(CCCC3)O2)cc1[N+](=O)[O-]. The number of hydrogen-bond donors (Lipinski definition) is 1. The van der Waals surface area contributed by atoms with Crippen molar-refractivity contribution in [3.63, 3.8) is 0 Å². The molecule has 1 unspecified atom stereocenters. The smallest absolute Gasteiger partial charge is 0.273 e. The molecule has 1 heterocycles. The number of carbonyl (C=O) groups is 1. The highest BCUT2D eigenvalue weighted by molar-refractivity contribution is 5.95. The number of benzene rings is 1. The number of rotatable bonds is 4. The van der Waals surface area contributed by atoms with E-state index in [0.717, 1.165) is 25.7 Å². The molecule has 23 heavy (non-hydrogen) atoms. The van der Waals surface area contributed by atoms with E-state index in [4.69, 9.17) is 9.47 Å². The first kappa shape index (κ1) is 15.9. The summed E-state index contributed by atoms with van der Waals surface area (Å²) in [6.45, 7) is 2.45. The van der Waals surface area contributed by atoms with Crippen LogP contribution in [-0.4, -0.2) is 35.9 Å². The molecular formula is C16H20N2O5. The number of ether oxygens (including phenoxy) is 2. The first-order valence-electron chi connectivity index (χ1n) is 7.84. The van der Waals surface area contributed by atoms with Gasteiger partial charge in [-0.25, -0.2) is 0 Å². The van der Waals surface area contributed by atoms with Crippen LogP contribution in [0.5, 0.6) is 0 Å². The topological polar surface area (TPSA) is 90.7 Å². The van der Waals surface area contributed by atoms with E-state index in [1.165, 1.54) is 6.07 Å². The Balaban J connectivity index is 1.58. The molecular weight excluding hydrogens is 300 g/mol. The minimum absolute atomic E-state index is 0.0528. The Morgan fingerprint density at radius 1 is 1.43 bits per heavy atom. The second-order valence-corrected chi connectivity index (χ2v) is 6.14. The van der Waals surface area contributed by atoms with Gasteiger partial charge in [0.1, 0.15) is 6.10 Å². The number of amides is 1. The second-order valence-electron chi connectivity index (χ2n) is 6.14. The summed E-state index contributed by atoms with van der Waals surface area (Å²) in [6, 6.07) is 4.47. The summed E-state index contributed by atoms with van der Waals surface area (Å²) < 4.78 is 11.7. The number of nitro groups is 1. The van der Waals surface area contributed by atoms with Gasteiger partial charge in [0.15, 0.2) is 5.79 Å². The van der Waals surface area contributed by atoms with Crippen molar-refractivity contribution in [2.24, 2.45) is 0 Å². The van der Waals surface area contributed by atoms with Crippen LogP contribution < -0.4 is 5.32 Å². The van der Waals surface area contributed by atoms with E-state index in [1.807, 2.05) is 0 Å². The Bertz CT molecular complexity index is 625. The third kappa shape index (κ3) is 3.35. The maximum absolute atomic E-state index is 12.2. The van der Waals surface area contributed by atoms with Crippen LogP contribution in [0.1, 0.15) is 41.6 Å². The molecule has 2 aliphatic rings. The van der Waals surface area contributed by atoms with E-state index in [0.29, 0.717) is 18.7 Å². The van der Waals surface area contributed by atoms with Crippen LogP contribution in [0.3, 0.4) is 0 Å². The summed E-state index contributed by atoms with van der Waals surface area (Å²) in [6.07, 6.45) is 3.85. The molecule has 0 aromatic heterocycles.